The molecule has 22 heavy (non-hydrogen) atoms. The normalized spacial score (nSPS) is 12.3. The van der Waals surface area contributed by atoms with Crippen molar-refractivity contribution < 1.29 is 13.6 Å². The summed E-state index contributed by atoms with van der Waals surface area (Å²) < 4.78 is 18.5. The zero-order valence-corrected chi connectivity index (χ0v) is 11.8. The average Bonchev–Trinajstić information content (AvgIpc) is 2.87. The van der Waals surface area contributed by atoms with Gasteiger partial charge in [-0.3, -0.25) is 4.79 Å². The van der Waals surface area contributed by atoms with Gasteiger partial charge in [0, 0.05) is 5.69 Å². The zero-order valence-electron chi connectivity index (χ0n) is 11.8. The Balaban J connectivity index is 1.92. The summed E-state index contributed by atoms with van der Waals surface area (Å²) in [5, 5.41) is 2.73. The van der Waals surface area contributed by atoms with E-state index in [9.17, 15) is 9.18 Å². The van der Waals surface area contributed by atoms with Crippen LogP contribution >= 0.6 is 0 Å². The minimum atomic E-state index is -1.10. The fraction of sp³-hybridized carbons (Fsp3) is 0.125. The molecule has 3 rings (SSSR count). The van der Waals surface area contributed by atoms with Crippen LogP contribution in [-0.4, -0.2) is 10.9 Å². The molecule has 0 fully saturated rings. The number of para-hydroxylation sites is 1. The maximum Gasteiger partial charge on any atom is 0.293 e. The molecule has 0 spiro atoms. The number of oxazole rings is 1. The molecule has 112 valence electrons. The van der Waals surface area contributed by atoms with E-state index in [1.165, 1.54) is 6.92 Å². The van der Waals surface area contributed by atoms with Crippen LogP contribution < -0.4 is 11.1 Å². The van der Waals surface area contributed by atoms with Gasteiger partial charge in [-0.2, -0.15) is 4.98 Å². The van der Waals surface area contributed by atoms with Gasteiger partial charge in [0.1, 0.15) is 11.7 Å². The Morgan fingerprint density at radius 3 is 2.86 bits per heavy atom. The zero-order chi connectivity index (χ0) is 15.7. The summed E-state index contributed by atoms with van der Waals surface area (Å²) in [6.07, 6.45) is -1.10. The second-order valence-corrected chi connectivity index (χ2v) is 4.90. The molecule has 1 heterocycles. The smallest absolute Gasteiger partial charge is 0.293 e. The molecule has 0 aliphatic heterocycles. The summed E-state index contributed by atoms with van der Waals surface area (Å²) >= 11 is 0. The van der Waals surface area contributed by atoms with Gasteiger partial charge >= 0.3 is 0 Å². The van der Waals surface area contributed by atoms with E-state index in [0.717, 1.165) is 0 Å². The summed E-state index contributed by atoms with van der Waals surface area (Å²) in [7, 11) is 0. The summed E-state index contributed by atoms with van der Waals surface area (Å²) in [5.41, 5.74) is 7.71. The molecule has 1 atom stereocenters. The van der Waals surface area contributed by atoms with Crippen molar-refractivity contribution in [3.8, 4) is 0 Å². The van der Waals surface area contributed by atoms with Gasteiger partial charge in [0.2, 0.25) is 0 Å². The number of nitrogen functional groups attached to an aromatic ring is 1. The first-order valence-corrected chi connectivity index (χ1v) is 6.75. The van der Waals surface area contributed by atoms with Crippen LogP contribution in [0, 0.1) is 0 Å². The van der Waals surface area contributed by atoms with E-state index in [-0.39, 0.29) is 11.9 Å². The van der Waals surface area contributed by atoms with Crippen LogP contribution in [0.25, 0.3) is 11.1 Å². The van der Waals surface area contributed by atoms with Crippen LogP contribution in [0.15, 0.2) is 46.9 Å². The second-order valence-electron chi connectivity index (χ2n) is 4.90. The lowest BCUT2D eigenvalue weighted by Crippen LogP contribution is -2.12. The lowest BCUT2D eigenvalue weighted by molar-refractivity contribution is 0.102. The lowest BCUT2D eigenvalue weighted by atomic mass is 10.1. The SMILES string of the molecule is CC(F)c1cccc(NC(=O)c2cccc3oc(N)nc23)c1. The van der Waals surface area contributed by atoms with Crippen LogP contribution in [0.1, 0.15) is 29.0 Å². The van der Waals surface area contributed by atoms with Gasteiger partial charge < -0.3 is 15.5 Å². The molecule has 0 bridgehead atoms. The van der Waals surface area contributed by atoms with Crippen molar-refractivity contribution in [3.05, 3.63) is 53.6 Å². The minimum Gasteiger partial charge on any atom is -0.424 e. The molecule has 0 saturated heterocycles. The number of hydrogen-bond donors (Lipinski definition) is 2. The molecule has 5 nitrogen and oxygen atoms in total. The predicted octanol–water partition coefficient (Wildman–Crippen LogP) is 3.69. The van der Waals surface area contributed by atoms with Crippen molar-refractivity contribution in [2.75, 3.05) is 11.1 Å². The van der Waals surface area contributed by atoms with Gasteiger partial charge in [0.05, 0.1) is 5.56 Å². The van der Waals surface area contributed by atoms with Crippen molar-refractivity contribution in [1.29, 1.82) is 0 Å². The third-order valence-corrected chi connectivity index (χ3v) is 3.28. The number of nitrogens with two attached hydrogens (primary N) is 1. The fourth-order valence-corrected chi connectivity index (χ4v) is 2.21. The van der Waals surface area contributed by atoms with Crippen LogP contribution in [0.5, 0.6) is 0 Å². The molecule has 2 aromatic carbocycles. The summed E-state index contributed by atoms with van der Waals surface area (Å²) in [6, 6.07) is 11.6. The number of anilines is 2. The number of nitrogens with one attached hydrogen (secondary N) is 1. The van der Waals surface area contributed by atoms with E-state index >= 15 is 0 Å². The van der Waals surface area contributed by atoms with E-state index < -0.39 is 6.17 Å². The predicted molar refractivity (Wildman–Crippen MR) is 82.3 cm³/mol. The number of halogens is 1. The van der Waals surface area contributed by atoms with Gasteiger partial charge in [-0.05, 0) is 36.8 Å². The third kappa shape index (κ3) is 2.63. The van der Waals surface area contributed by atoms with Crippen LogP contribution in [0.3, 0.4) is 0 Å². The molecule has 1 amide bonds. The topological polar surface area (TPSA) is 81.2 Å². The van der Waals surface area contributed by atoms with Crippen LogP contribution in [0.4, 0.5) is 16.1 Å². The minimum absolute atomic E-state index is 0.00324. The Bertz CT molecular complexity index is 842. The molecule has 3 aromatic rings. The maximum atomic E-state index is 13.3. The van der Waals surface area contributed by atoms with Gasteiger partial charge in [-0.25, -0.2) is 4.39 Å². The third-order valence-electron chi connectivity index (χ3n) is 3.28. The Labute approximate surface area is 125 Å². The van der Waals surface area contributed by atoms with E-state index in [0.29, 0.717) is 27.9 Å². The highest BCUT2D eigenvalue weighted by atomic mass is 19.1. The Morgan fingerprint density at radius 1 is 1.32 bits per heavy atom. The molecule has 1 aromatic heterocycles. The van der Waals surface area contributed by atoms with E-state index in [1.807, 2.05) is 0 Å². The number of aromatic nitrogens is 1. The standard InChI is InChI=1S/C16H14FN3O2/c1-9(17)10-4-2-5-11(8-10)19-15(21)12-6-3-7-13-14(12)20-16(18)22-13/h2-9H,1H3,(H2,18,20)(H,19,21). The molecule has 1 unspecified atom stereocenters. The van der Waals surface area contributed by atoms with Gasteiger partial charge in [0.15, 0.2) is 5.58 Å². The quantitative estimate of drug-likeness (QED) is 0.772. The molecule has 0 radical (unpaired) electrons. The number of alkyl halides is 1. The van der Waals surface area contributed by atoms with E-state index in [1.54, 1.807) is 42.5 Å². The lowest BCUT2D eigenvalue weighted by Gasteiger charge is -2.08. The van der Waals surface area contributed by atoms with Crippen molar-refractivity contribution in [1.82, 2.24) is 4.98 Å². The summed E-state index contributed by atoms with van der Waals surface area (Å²) in [4.78, 5) is 16.4. The van der Waals surface area contributed by atoms with E-state index in [2.05, 4.69) is 10.3 Å². The summed E-state index contributed by atoms with van der Waals surface area (Å²) in [6.45, 7) is 1.44. The van der Waals surface area contributed by atoms with Crippen molar-refractivity contribution >= 4 is 28.7 Å². The Hall–Kier alpha value is -2.89. The average molecular weight is 299 g/mol. The highest BCUT2D eigenvalue weighted by Crippen LogP contribution is 2.23. The van der Waals surface area contributed by atoms with E-state index in [4.69, 9.17) is 10.2 Å². The highest BCUT2D eigenvalue weighted by Gasteiger charge is 2.15. The summed E-state index contributed by atoms with van der Waals surface area (Å²) in [5.74, 6) is -0.359. The molecule has 0 aliphatic rings. The first-order valence-electron chi connectivity index (χ1n) is 6.75. The number of carbonyl (C=O) groups is 1. The molecule has 6 heteroatoms. The number of carbonyl (C=O) groups excluding carboxylic acids is 1. The number of fused-ring (bicyclic) bond motifs is 1. The number of amides is 1. The Kier molecular flexibility index (Phi) is 3.50. The van der Waals surface area contributed by atoms with Crippen molar-refractivity contribution in [2.24, 2.45) is 0 Å². The first-order chi connectivity index (χ1) is 10.5. The number of nitrogens with zero attached hydrogens (tertiary/aromatic N) is 1. The van der Waals surface area contributed by atoms with Gasteiger partial charge in [-0.1, -0.05) is 18.2 Å². The largest absolute Gasteiger partial charge is 0.424 e. The molecule has 3 N–H and O–H groups in total. The molecular weight excluding hydrogens is 285 g/mol. The van der Waals surface area contributed by atoms with Crippen LogP contribution in [-0.2, 0) is 0 Å². The second kappa shape index (κ2) is 5.48. The number of hydrogen-bond acceptors (Lipinski definition) is 4. The monoisotopic (exact) mass is 299 g/mol. The van der Waals surface area contributed by atoms with Crippen molar-refractivity contribution in [2.45, 2.75) is 13.1 Å². The van der Waals surface area contributed by atoms with Crippen LogP contribution in [0.2, 0.25) is 0 Å². The van der Waals surface area contributed by atoms with Gasteiger partial charge in [-0.15, -0.1) is 0 Å². The Morgan fingerprint density at radius 2 is 2.09 bits per heavy atom. The van der Waals surface area contributed by atoms with Crippen molar-refractivity contribution in [3.63, 3.8) is 0 Å². The molecule has 0 aliphatic carbocycles. The maximum absolute atomic E-state index is 13.3. The fourth-order valence-electron chi connectivity index (χ4n) is 2.21. The number of benzene rings is 2. The highest BCUT2D eigenvalue weighted by molar-refractivity contribution is 6.11. The van der Waals surface area contributed by atoms with Gasteiger partial charge in [0.25, 0.3) is 11.9 Å². The molecule has 0 saturated carbocycles. The number of rotatable bonds is 3. The molecular formula is C16H14FN3O2. The first kappa shape index (κ1) is 14.1.